The van der Waals surface area contributed by atoms with Crippen molar-refractivity contribution in [2.75, 3.05) is 0 Å². The van der Waals surface area contributed by atoms with Gasteiger partial charge in [0.2, 0.25) is 0 Å². The first-order valence-corrected chi connectivity index (χ1v) is 15.9. The van der Waals surface area contributed by atoms with E-state index in [0.29, 0.717) is 0 Å². The topological polar surface area (TPSA) is 36.9 Å². The molecule has 1 fully saturated rings. The molecule has 4 aromatic rings. The highest BCUT2D eigenvalue weighted by Gasteiger charge is 2.48. The van der Waals surface area contributed by atoms with Gasteiger partial charge in [0.25, 0.3) is 0 Å². The Morgan fingerprint density at radius 1 is 0.513 bits per heavy atom. The maximum Gasteiger partial charge on any atom is 0.164 e. The molecule has 1 heterocycles. The molecule has 0 aliphatic carbocycles. The molecular formula is C33H36O4P2. The van der Waals surface area contributed by atoms with Gasteiger partial charge in [0.1, 0.15) is 12.2 Å². The summed E-state index contributed by atoms with van der Waals surface area (Å²) in [5.74, 6) is -0.741. The van der Waals surface area contributed by atoms with Gasteiger partial charge in [0.05, 0.1) is 28.5 Å². The fourth-order valence-corrected chi connectivity index (χ4v) is 8.55. The molecule has 0 amide bonds. The first-order chi connectivity index (χ1) is 18.9. The van der Waals surface area contributed by atoms with E-state index in [0.717, 1.165) is 0 Å². The Bertz CT molecular complexity index is 1110. The summed E-state index contributed by atoms with van der Waals surface area (Å²) in [6.07, 6.45) is -1.05. The second kappa shape index (κ2) is 12.8. The molecule has 5 rings (SSSR count). The van der Waals surface area contributed by atoms with Gasteiger partial charge >= 0.3 is 0 Å². The Hall–Kier alpha value is -2.42. The molecule has 0 spiro atoms. The molecular weight excluding hydrogens is 522 g/mol. The van der Waals surface area contributed by atoms with E-state index in [2.05, 4.69) is 111 Å². The van der Waals surface area contributed by atoms with Crippen molar-refractivity contribution in [3.8, 4) is 0 Å². The third-order valence-corrected chi connectivity index (χ3v) is 10.8. The third-order valence-electron chi connectivity index (χ3n) is 6.60. The lowest BCUT2D eigenvalue weighted by Crippen LogP contribution is -2.42. The van der Waals surface area contributed by atoms with Crippen LogP contribution in [0, 0.1) is 0 Å². The van der Waals surface area contributed by atoms with Gasteiger partial charge in [-0.25, -0.2) is 0 Å². The van der Waals surface area contributed by atoms with Gasteiger partial charge in [-0.3, -0.25) is 0 Å². The molecule has 0 unspecified atom stereocenters. The van der Waals surface area contributed by atoms with Gasteiger partial charge in [-0.1, -0.05) is 121 Å². The number of hydrogen-bond donors (Lipinski definition) is 0. The standard InChI is InChI=1S/C33H36O4P2/c1-25(36-38(27-17-9-5-10-18-27)28-19-11-6-12-20-28)31-32(35-33(3,4)34-31)26(2)37-39(29-21-13-7-14-22-29)30-23-15-8-16-24-30/h5-26,31-32H,1-4H3/t25-,26-,31+,32+/m0/s1. The van der Waals surface area contributed by atoms with Crippen molar-refractivity contribution < 1.29 is 18.5 Å². The maximum absolute atomic E-state index is 6.86. The van der Waals surface area contributed by atoms with Crippen molar-refractivity contribution in [2.45, 2.75) is 57.9 Å². The van der Waals surface area contributed by atoms with Crippen LogP contribution in [0.25, 0.3) is 0 Å². The molecule has 0 saturated carbocycles. The normalized spacial score (nSPS) is 20.3. The summed E-state index contributed by atoms with van der Waals surface area (Å²) in [5.41, 5.74) is 0. The molecule has 6 heteroatoms. The Morgan fingerprint density at radius 2 is 0.769 bits per heavy atom. The van der Waals surface area contributed by atoms with Crippen molar-refractivity contribution in [1.82, 2.24) is 0 Å². The second-order valence-electron chi connectivity index (χ2n) is 10.1. The molecule has 1 saturated heterocycles. The van der Waals surface area contributed by atoms with Crippen LogP contribution < -0.4 is 21.2 Å². The monoisotopic (exact) mass is 558 g/mol. The molecule has 39 heavy (non-hydrogen) atoms. The molecule has 4 atom stereocenters. The summed E-state index contributed by atoms with van der Waals surface area (Å²) < 4.78 is 26.7. The van der Waals surface area contributed by atoms with Gasteiger partial charge in [-0.05, 0) is 27.7 Å². The van der Waals surface area contributed by atoms with Crippen LogP contribution in [0.5, 0.6) is 0 Å². The van der Waals surface area contributed by atoms with Crippen LogP contribution in [0.1, 0.15) is 27.7 Å². The first kappa shape index (κ1) is 28.1. The zero-order chi connectivity index (χ0) is 27.2. The zero-order valence-electron chi connectivity index (χ0n) is 22.9. The second-order valence-corrected chi connectivity index (χ2v) is 13.8. The van der Waals surface area contributed by atoms with E-state index in [9.17, 15) is 0 Å². The van der Waals surface area contributed by atoms with E-state index in [1.807, 2.05) is 38.1 Å². The SMILES string of the molecule is C[C@H](OP(c1ccccc1)c1ccccc1)[C@H]1OC(C)(C)O[C@@H]1[C@H](C)OP(c1ccccc1)c1ccccc1. The van der Waals surface area contributed by atoms with E-state index in [1.165, 1.54) is 21.2 Å². The van der Waals surface area contributed by atoms with Crippen molar-refractivity contribution in [3.05, 3.63) is 121 Å². The quantitative estimate of drug-likeness (QED) is 0.211. The van der Waals surface area contributed by atoms with Crippen molar-refractivity contribution in [1.29, 1.82) is 0 Å². The average Bonchev–Trinajstić information content (AvgIpc) is 3.32. The maximum atomic E-state index is 6.86. The highest BCUT2D eigenvalue weighted by molar-refractivity contribution is 7.68. The van der Waals surface area contributed by atoms with Gasteiger partial charge in [-0.15, -0.1) is 0 Å². The molecule has 4 nitrogen and oxygen atoms in total. The van der Waals surface area contributed by atoms with Crippen LogP contribution in [0.4, 0.5) is 0 Å². The van der Waals surface area contributed by atoms with Crippen molar-refractivity contribution in [3.63, 3.8) is 0 Å². The number of hydrogen-bond acceptors (Lipinski definition) is 4. The van der Waals surface area contributed by atoms with Crippen LogP contribution in [-0.2, 0) is 18.5 Å². The lowest BCUT2D eigenvalue weighted by molar-refractivity contribution is -0.156. The Morgan fingerprint density at radius 3 is 1.03 bits per heavy atom. The average molecular weight is 559 g/mol. The summed E-state index contributed by atoms with van der Waals surface area (Å²) in [6, 6.07) is 41.7. The number of benzene rings is 4. The molecule has 0 bridgehead atoms. The Kier molecular flexibility index (Phi) is 9.25. The predicted octanol–water partition coefficient (Wildman–Crippen LogP) is 6.41. The van der Waals surface area contributed by atoms with Crippen LogP contribution in [0.2, 0.25) is 0 Å². The molecule has 4 aromatic carbocycles. The van der Waals surface area contributed by atoms with Gasteiger partial charge in [-0.2, -0.15) is 0 Å². The van der Waals surface area contributed by atoms with E-state index in [4.69, 9.17) is 18.5 Å². The summed E-state index contributed by atoms with van der Waals surface area (Å²) in [5, 5.41) is 4.67. The van der Waals surface area contributed by atoms with Crippen molar-refractivity contribution >= 4 is 37.5 Å². The number of rotatable bonds is 10. The Balaban J connectivity index is 1.39. The highest BCUT2D eigenvalue weighted by Crippen LogP contribution is 2.44. The zero-order valence-corrected chi connectivity index (χ0v) is 24.7. The fourth-order valence-electron chi connectivity index (χ4n) is 4.79. The van der Waals surface area contributed by atoms with E-state index < -0.39 is 22.1 Å². The van der Waals surface area contributed by atoms with Gasteiger partial charge in [0, 0.05) is 21.2 Å². The van der Waals surface area contributed by atoms with Crippen LogP contribution in [0.15, 0.2) is 121 Å². The lowest BCUT2D eigenvalue weighted by Gasteiger charge is -2.32. The molecule has 1 aliphatic rings. The minimum Gasteiger partial charge on any atom is -0.344 e. The summed E-state index contributed by atoms with van der Waals surface area (Å²) in [6.45, 7) is 8.11. The largest absolute Gasteiger partial charge is 0.344 e. The predicted molar refractivity (Wildman–Crippen MR) is 163 cm³/mol. The smallest absolute Gasteiger partial charge is 0.164 e. The Labute approximate surface area is 235 Å². The van der Waals surface area contributed by atoms with Gasteiger partial charge < -0.3 is 18.5 Å². The minimum absolute atomic E-state index is 0.228. The molecule has 0 radical (unpaired) electrons. The summed E-state index contributed by atoms with van der Waals surface area (Å²) in [7, 11) is -2.07. The van der Waals surface area contributed by atoms with E-state index in [-0.39, 0.29) is 24.4 Å². The molecule has 0 N–H and O–H groups in total. The van der Waals surface area contributed by atoms with Crippen LogP contribution in [0.3, 0.4) is 0 Å². The minimum atomic E-state index is -1.04. The summed E-state index contributed by atoms with van der Waals surface area (Å²) >= 11 is 0. The molecule has 0 aromatic heterocycles. The van der Waals surface area contributed by atoms with Crippen molar-refractivity contribution in [2.24, 2.45) is 0 Å². The first-order valence-electron chi connectivity index (χ1n) is 13.4. The number of ether oxygens (including phenoxy) is 2. The van der Waals surface area contributed by atoms with Crippen LogP contribution in [-0.4, -0.2) is 30.2 Å². The molecule has 1 aliphatic heterocycles. The van der Waals surface area contributed by atoms with Gasteiger partial charge in [0.15, 0.2) is 5.79 Å². The lowest BCUT2D eigenvalue weighted by atomic mass is 10.1. The summed E-state index contributed by atoms with van der Waals surface area (Å²) in [4.78, 5) is 0. The van der Waals surface area contributed by atoms with E-state index >= 15 is 0 Å². The van der Waals surface area contributed by atoms with E-state index in [1.54, 1.807) is 0 Å². The molecule has 202 valence electrons. The third kappa shape index (κ3) is 7.02. The van der Waals surface area contributed by atoms with Crippen LogP contribution >= 0.6 is 16.3 Å². The highest BCUT2D eigenvalue weighted by atomic mass is 31.1. The fraction of sp³-hybridized carbons (Fsp3) is 0.273.